The lowest BCUT2D eigenvalue weighted by Crippen LogP contribution is -3.00. The number of nitrogens with zero attached hydrogens (tertiary/aromatic N) is 2. The first-order valence-electron chi connectivity index (χ1n) is 12.1. The molecule has 3 nitrogen and oxygen atoms in total. The quantitative estimate of drug-likeness (QED) is 0.133. The molecule has 0 amide bonds. The van der Waals surface area contributed by atoms with Crippen molar-refractivity contribution >= 4 is 16.6 Å². The number of para-hydroxylation sites is 1. The molecule has 0 spiro atoms. The molecule has 0 atom stereocenters. The van der Waals surface area contributed by atoms with E-state index in [1.165, 1.54) is 98.6 Å². The van der Waals surface area contributed by atoms with Crippen LogP contribution in [0.15, 0.2) is 30.3 Å². The maximum atomic E-state index is 6.20. The van der Waals surface area contributed by atoms with Crippen LogP contribution in [0.3, 0.4) is 0 Å². The molecule has 0 fully saturated rings. The number of aromatic nitrogens is 1. The van der Waals surface area contributed by atoms with Gasteiger partial charge in [-0.05, 0) is 46.1 Å². The maximum Gasteiger partial charge on any atom is 0.214 e. The van der Waals surface area contributed by atoms with Crippen LogP contribution in [0.1, 0.15) is 77.8 Å². The molecule has 0 saturated carbocycles. The van der Waals surface area contributed by atoms with Crippen LogP contribution in [0.5, 0.6) is 0 Å². The molecule has 1 heterocycles. The van der Waals surface area contributed by atoms with Crippen LogP contribution in [-0.2, 0) is 6.54 Å². The summed E-state index contributed by atoms with van der Waals surface area (Å²) in [6, 6.07) is 10.6. The highest BCUT2D eigenvalue weighted by Crippen LogP contribution is 2.19. The van der Waals surface area contributed by atoms with Crippen LogP contribution in [0.2, 0.25) is 0 Å². The van der Waals surface area contributed by atoms with Crippen molar-refractivity contribution in [3.63, 3.8) is 0 Å². The molecule has 1 aromatic heterocycles. The average molecular weight is 653 g/mol. The van der Waals surface area contributed by atoms with Crippen molar-refractivity contribution in [3.8, 4) is 0 Å². The zero-order valence-electron chi connectivity index (χ0n) is 20.3. The van der Waals surface area contributed by atoms with Gasteiger partial charge in [0.2, 0.25) is 5.52 Å². The SMILES string of the molecule is CC[N+](CC)(CC)CCCCCCCCCC[n+]1c(C)cc(N)c2ccccc21.[I-].[I-]. The summed E-state index contributed by atoms with van der Waals surface area (Å²) < 4.78 is 3.74. The van der Waals surface area contributed by atoms with Gasteiger partial charge in [0.1, 0.15) is 6.54 Å². The molecule has 0 aliphatic heterocycles. The Balaban J connectivity index is 0.00000450. The molecule has 2 rings (SSSR count). The highest BCUT2D eigenvalue weighted by Gasteiger charge is 2.19. The lowest BCUT2D eigenvalue weighted by Gasteiger charge is -2.35. The molecule has 0 bridgehead atoms. The summed E-state index contributed by atoms with van der Waals surface area (Å²) in [5.74, 6) is 0. The fraction of sp³-hybridized carbons (Fsp3) is 0.654. The first kappa shape index (κ1) is 30.9. The Morgan fingerprint density at radius 3 is 1.87 bits per heavy atom. The molecule has 0 aliphatic rings. The van der Waals surface area contributed by atoms with E-state index in [1.807, 2.05) is 0 Å². The topological polar surface area (TPSA) is 29.9 Å². The van der Waals surface area contributed by atoms with Crippen molar-refractivity contribution in [1.82, 2.24) is 0 Å². The number of fused-ring (bicyclic) bond motifs is 1. The number of rotatable bonds is 14. The Hall–Kier alpha value is -0.150. The normalized spacial score (nSPS) is 11.2. The second-order valence-corrected chi connectivity index (χ2v) is 8.75. The average Bonchev–Trinajstić information content (AvgIpc) is 2.74. The fourth-order valence-electron chi connectivity index (χ4n) is 4.74. The molecule has 178 valence electrons. The molecular formula is C26H45I2N3. The third kappa shape index (κ3) is 9.32. The molecule has 1 aromatic carbocycles. The van der Waals surface area contributed by atoms with Crippen molar-refractivity contribution in [1.29, 1.82) is 0 Å². The van der Waals surface area contributed by atoms with Gasteiger partial charge in [-0.15, -0.1) is 0 Å². The molecule has 0 saturated heterocycles. The molecule has 0 unspecified atom stereocenters. The van der Waals surface area contributed by atoms with Gasteiger partial charge in [0.15, 0.2) is 5.69 Å². The van der Waals surface area contributed by atoms with Crippen molar-refractivity contribution < 1.29 is 57.0 Å². The Labute approximate surface area is 225 Å². The molecule has 2 aromatic rings. The van der Waals surface area contributed by atoms with E-state index < -0.39 is 0 Å². The first-order chi connectivity index (χ1) is 14.1. The Morgan fingerprint density at radius 2 is 1.29 bits per heavy atom. The van der Waals surface area contributed by atoms with Crippen LogP contribution in [0.25, 0.3) is 10.9 Å². The van der Waals surface area contributed by atoms with E-state index in [-0.39, 0.29) is 48.0 Å². The number of halogens is 2. The van der Waals surface area contributed by atoms with E-state index in [0.29, 0.717) is 0 Å². The van der Waals surface area contributed by atoms with Crippen LogP contribution in [-0.4, -0.2) is 30.7 Å². The Morgan fingerprint density at radius 1 is 0.774 bits per heavy atom. The highest BCUT2D eigenvalue weighted by atomic mass is 127. The number of unbranched alkanes of at least 4 members (excludes halogenated alkanes) is 7. The third-order valence-electron chi connectivity index (χ3n) is 7.07. The summed E-state index contributed by atoms with van der Waals surface area (Å²) in [6.45, 7) is 15.5. The number of aryl methyl sites for hydroxylation is 2. The van der Waals surface area contributed by atoms with Crippen LogP contribution >= 0.6 is 0 Å². The third-order valence-corrected chi connectivity index (χ3v) is 7.07. The molecule has 5 heteroatoms. The van der Waals surface area contributed by atoms with Gasteiger partial charge in [-0.2, -0.15) is 4.57 Å². The summed E-state index contributed by atoms with van der Waals surface area (Å²) in [7, 11) is 0. The summed E-state index contributed by atoms with van der Waals surface area (Å²) in [5, 5.41) is 1.18. The monoisotopic (exact) mass is 653 g/mol. The van der Waals surface area contributed by atoms with Crippen LogP contribution < -0.4 is 58.3 Å². The largest absolute Gasteiger partial charge is 1.00 e. The van der Waals surface area contributed by atoms with Gasteiger partial charge in [0.05, 0.1) is 37.3 Å². The number of hydrogen-bond acceptors (Lipinski definition) is 1. The molecule has 31 heavy (non-hydrogen) atoms. The fourth-order valence-corrected chi connectivity index (χ4v) is 4.74. The maximum absolute atomic E-state index is 6.20. The number of hydrogen-bond donors (Lipinski definition) is 1. The smallest absolute Gasteiger partial charge is 0.214 e. The highest BCUT2D eigenvalue weighted by molar-refractivity contribution is 5.87. The van der Waals surface area contributed by atoms with Crippen LogP contribution in [0.4, 0.5) is 5.69 Å². The van der Waals surface area contributed by atoms with Crippen LogP contribution in [0, 0.1) is 6.92 Å². The predicted octanol–water partition coefficient (Wildman–Crippen LogP) is 0.0232. The van der Waals surface area contributed by atoms with Gasteiger partial charge >= 0.3 is 0 Å². The Kier molecular flexibility index (Phi) is 16.4. The van der Waals surface area contributed by atoms with Gasteiger partial charge < -0.3 is 58.2 Å². The first-order valence-corrected chi connectivity index (χ1v) is 12.1. The van der Waals surface area contributed by atoms with Gasteiger partial charge in [-0.3, -0.25) is 0 Å². The van der Waals surface area contributed by atoms with E-state index in [1.54, 1.807) is 0 Å². The second kappa shape index (κ2) is 16.5. The predicted molar refractivity (Wildman–Crippen MR) is 127 cm³/mol. The minimum atomic E-state index is 0. The summed E-state index contributed by atoms with van der Waals surface area (Å²) in [5.41, 5.74) is 9.63. The number of nitrogens with two attached hydrogens (primary N) is 1. The zero-order chi connectivity index (χ0) is 21.1. The lowest BCUT2D eigenvalue weighted by molar-refractivity contribution is -0.923. The van der Waals surface area contributed by atoms with Crippen molar-refractivity contribution in [2.24, 2.45) is 0 Å². The summed E-state index contributed by atoms with van der Waals surface area (Å²) >= 11 is 0. The van der Waals surface area contributed by atoms with Gasteiger partial charge in [-0.1, -0.05) is 37.8 Å². The summed E-state index contributed by atoms with van der Waals surface area (Å²) in [6.07, 6.45) is 11.0. The number of anilines is 1. The number of pyridine rings is 1. The van der Waals surface area contributed by atoms with Gasteiger partial charge in [0.25, 0.3) is 0 Å². The van der Waals surface area contributed by atoms with E-state index in [2.05, 4.69) is 62.6 Å². The number of quaternary nitrogens is 1. The molecule has 2 N–H and O–H groups in total. The minimum Gasteiger partial charge on any atom is -1.00 e. The van der Waals surface area contributed by atoms with E-state index in [4.69, 9.17) is 5.73 Å². The van der Waals surface area contributed by atoms with E-state index in [0.717, 1.165) is 12.2 Å². The van der Waals surface area contributed by atoms with E-state index in [9.17, 15) is 0 Å². The van der Waals surface area contributed by atoms with Crippen molar-refractivity contribution in [2.75, 3.05) is 31.9 Å². The second-order valence-electron chi connectivity index (χ2n) is 8.75. The Bertz CT molecular complexity index is 736. The van der Waals surface area contributed by atoms with Gasteiger partial charge in [-0.25, -0.2) is 0 Å². The van der Waals surface area contributed by atoms with E-state index >= 15 is 0 Å². The number of benzene rings is 1. The van der Waals surface area contributed by atoms with Crippen molar-refractivity contribution in [2.45, 2.75) is 85.6 Å². The lowest BCUT2D eigenvalue weighted by atomic mass is 10.1. The number of nitrogen functional groups attached to an aromatic ring is 1. The van der Waals surface area contributed by atoms with Crippen molar-refractivity contribution in [3.05, 3.63) is 36.0 Å². The zero-order valence-corrected chi connectivity index (χ0v) is 24.6. The molecular weight excluding hydrogens is 608 g/mol. The van der Waals surface area contributed by atoms with Gasteiger partial charge in [0, 0.05) is 25.5 Å². The minimum absolute atomic E-state index is 0. The standard InChI is InChI=1S/C26H44N3.2HI/c1-5-29(6-2,7-3)21-17-13-11-9-8-10-12-16-20-28-23(4)22-25(27)24-18-14-15-19-26(24)28;;/h14-15,18-19,22,27H,5-13,16-17,20-21H2,1-4H3;2*1H/q+1;;/p-1. The molecule has 0 aliphatic carbocycles. The summed E-state index contributed by atoms with van der Waals surface area (Å²) in [4.78, 5) is 0. The molecule has 0 radical (unpaired) electrons.